The molecule has 4 rings (SSSR count). The first kappa shape index (κ1) is 22.1. The van der Waals surface area contributed by atoms with Gasteiger partial charge in [-0.05, 0) is 37.5 Å². The van der Waals surface area contributed by atoms with Gasteiger partial charge in [-0.15, -0.1) is 0 Å². The normalized spacial score (nSPS) is 14.6. The first-order chi connectivity index (χ1) is 15.4. The summed E-state index contributed by atoms with van der Waals surface area (Å²) in [5, 5.41) is 2.79. The summed E-state index contributed by atoms with van der Waals surface area (Å²) < 4.78 is 26.7. The Balaban J connectivity index is 1.46. The Hall–Kier alpha value is -3.11. The number of sulfonamides is 1. The number of hydrogen-bond donors (Lipinski definition) is 2. The highest BCUT2D eigenvalue weighted by Crippen LogP contribution is 2.29. The van der Waals surface area contributed by atoms with Gasteiger partial charge in [0.05, 0.1) is 34.9 Å². The van der Waals surface area contributed by atoms with Crippen LogP contribution in [0.5, 0.6) is 0 Å². The van der Waals surface area contributed by atoms with Crippen LogP contribution in [0.3, 0.4) is 0 Å². The second kappa shape index (κ2) is 9.17. The minimum Gasteiger partial charge on any atom is -0.326 e. The zero-order chi connectivity index (χ0) is 22.7. The van der Waals surface area contributed by atoms with Crippen molar-refractivity contribution >= 4 is 39.2 Å². The minimum absolute atomic E-state index is 0.0207. The van der Waals surface area contributed by atoms with Gasteiger partial charge in [0.1, 0.15) is 5.15 Å². The Morgan fingerprint density at radius 2 is 1.91 bits per heavy atom. The fraction of sp³-hybridized carbons (Fsp3) is 0.286. The highest BCUT2D eigenvalue weighted by Gasteiger charge is 2.36. The molecule has 0 radical (unpaired) electrons. The Labute approximate surface area is 190 Å². The van der Waals surface area contributed by atoms with Crippen LogP contribution < -0.4 is 10.0 Å². The van der Waals surface area contributed by atoms with Gasteiger partial charge in [-0.2, -0.15) is 0 Å². The quantitative estimate of drug-likeness (QED) is 0.512. The molecule has 2 heterocycles. The number of rotatable bonds is 8. The second-order valence-electron chi connectivity index (χ2n) is 7.41. The first-order valence-corrected chi connectivity index (χ1v) is 12.0. The van der Waals surface area contributed by atoms with E-state index in [-0.39, 0.29) is 17.1 Å². The predicted octanol–water partition coefficient (Wildman–Crippen LogP) is 3.62. The van der Waals surface area contributed by atoms with E-state index in [1.54, 1.807) is 24.4 Å². The molecule has 1 aromatic carbocycles. The van der Waals surface area contributed by atoms with Crippen LogP contribution in [0.2, 0.25) is 5.15 Å². The number of halogens is 1. The molecule has 3 aromatic rings. The average Bonchev–Trinajstić information content (AvgIpc) is 3.61. The van der Waals surface area contributed by atoms with E-state index < -0.39 is 15.9 Å². The van der Waals surface area contributed by atoms with Crippen molar-refractivity contribution in [3.05, 3.63) is 59.8 Å². The van der Waals surface area contributed by atoms with Gasteiger partial charge >= 0.3 is 0 Å². The number of aromatic nitrogens is 4. The zero-order valence-corrected chi connectivity index (χ0v) is 18.8. The maximum absolute atomic E-state index is 12.9. The summed E-state index contributed by atoms with van der Waals surface area (Å²) in [5.41, 5.74) is 2.49. The lowest BCUT2D eigenvalue weighted by Gasteiger charge is -2.15. The molecule has 2 N–H and O–H groups in total. The fourth-order valence-corrected chi connectivity index (χ4v) is 4.59. The molecule has 9 nitrogen and oxygen atoms in total. The van der Waals surface area contributed by atoms with Crippen molar-refractivity contribution in [1.82, 2.24) is 19.9 Å². The number of anilines is 2. The molecule has 2 aromatic heterocycles. The van der Waals surface area contributed by atoms with Crippen LogP contribution in [0.25, 0.3) is 11.3 Å². The third-order valence-electron chi connectivity index (χ3n) is 5.01. The predicted molar refractivity (Wildman–Crippen MR) is 122 cm³/mol. The number of carbonyl (C=O) groups excluding carboxylic acids is 1. The van der Waals surface area contributed by atoms with E-state index in [1.165, 1.54) is 12.4 Å². The van der Waals surface area contributed by atoms with Crippen molar-refractivity contribution in [1.29, 1.82) is 0 Å². The van der Waals surface area contributed by atoms with Gasteiger partial charge in [0.25, 0.3) is 0 Å². The molecular weight excluding hydrogens is 452 g/mol. The molecule has 0 saturated heterocycles. The fourth-order valence-electron chi connectivity index (χ4n) is 3.17. The molecule has 1 aliphatic carbocycles. The van der Waals surface area contributed by atoms with Crippen molar-refractivity contribution < 1.29 is 13.2 Å². The summed E-state index contributed by atoms with van der Waals surface area (Å²) in [6, 6.07) is 8.76. The van der Waals surface area contributed by atoms with Crippen LogP contribution in [0.4, 0.5) is 11.6 Å². The van der Waals surface area contributed by atoms with Crippen LogP contribution in [0.15, 0.2) is 48.9 Å². The summed E-state index contributed by atoms with van der Waals surface area (Å²) in [7, 11) is -3.48. The summed E-state index contributed by atoms with van der Waals surface area (Å²) in [6.07, 6.45) is 6.27. The lowest BCUT2D eigenvalue weighted by molar-refractivity contribution is -0.117. The molecule has 1 amide bonds. The standard InChI is InChI=1S/C21H21ClN6O3S/c1-2-16(17-9-10-24-21(27-17)28-32(30,31)15-7-8-15)20(29)25-14-5-3-13(4-6-14)18-11-23-12-19(22)26-18/h3-6,9-12,15-16H,2,7-8H2,1H3,(H,25,29)(H,24,27,28). The third-order valence-corrected chi connectivity index (χ3v) is 7.01. The number of nitrogens with one attached hydrogen (secondary N) is 2. The average molecular weight is 473 g/mol. The molecule has 1 saturated carbocycles. The largest absolute Gasteiger partial charge is 0.326 e. The number of benzene rings is 1. The number of hydrogen-bond acceptors (Lipinski definition) is 7. The Morgan fingerprint density at radius 1 is 1.16 bits per heavy atom. The van der Waals surface area contributed by atoms with E-state index >= 15 is 0 Å². The third kappa shape index (κ3) is 5.20. The minimum atomic E-state index is -3.48. The Bertz CT molecular complexity index is 1230. The van der Waals surface area contributed by atoms with Gasteiger partial charge in [-0.25, -0.2) is 23.4 Å². The number of nitrogens with zero attached hydrogens (tertiary/aromatic N) is 4. The monoisotopic (exact) mass is 472 g/mol. The summed E-state index contributed by atoms with van der Waals surface area (Å²) in [4.78, 5) is 29.4. The molecule has 1 unspecified atom stereocenters. The molecule has 11 heteroatoms. The first-order valence-electron chi connectivity index (χ1n) is 10.1. The Kier molecular flexibility index (Phi) is 6.33. The van der Waals surface area contributed by atoms with E-state index in [1.807, 2.05) is 19.1 Å². The van der Waals surface area contributed by atoms with Gasteiger partial charge < -0.3 is 5.32 Å². The molecule has 1 aliphatic rings. The van der Waals surface area contributed by atoms with Crippen LogP contribution in [0, 0.1) is 0 Å². The molecule has 0 aliphatic heterocycles. The van der Waals surface area contributed by atoms with E-state index in [2.05, 4.69) is 30.0 Å². The van der Waals surface area contributed by atoms with Gasteiger partial charge in [-0.3, -0.25) is 14.5 Å². The molecule has 1 fully saturated rings. The number of carbonyl (C=O) groups is 1. The summed E-state index contributed by atoms with van der Waals surface area (Å²) in [6.45, 7) is 1.86. The van der Waals surface area contributed by atoms with E-state index in [9.17, 15) is 13.2 Å². The molecular formula is C21H21ClN6O3S. The van der Waals surface area contributed by atoms with Gasteiger partial charge in [0, 0.05) is 17.4 Å². The van der Waals surface area contributed by atoms with Crippen molar-refractivity contribution in [3.8, 4) is 11.3 Å². The van der Waals surface area contributed by atoms with Crippen LogP contribution in [-0.2, 0) is 14.8 Å². The van der Waals surface area contributed by atoms with E-state index in [0.29, 0.717) is 41.5 Å². The molecule has 1 atom stereocenters. The van der Waals surface area contributed by atoms with Crippen LogP contribution >= 0.6 is 11.6 Å². The van der Waals surface area contributed by atoms with Gasteiger partial charge in [0.15, 0.2) is 0 Å². The highest BCUT2D eigenvalue weighted by atomic mass is 35.5. The number of amides is 1. The van der Waals surface area contributed by atoms with E-state index in [0.717, 1.165) is 5.56 Å². The molecule has 166 valence electrons. The lowest BCUT2D eigenvalue weighted by atomic mass is 10.0. The van der Waals surface area contributed by atoms with Crippen molar-refractivity contribution in [2.75, 3.05) is 10.0 Å². The van der Waals surface area contributed by atoms with Crippen LogP contribution in [-0.4, -0.2) is 39.5 Å². The SMILES string of the molecule is CCC(C(=O)Nc1ccc(-c2cncc(Cl)n2)cc1)c1ccnc(NS(=O)(=O)C2CC2)n1. The smallest absolute Gasteiger partial charge is 0.237 e. The summed E-state index contributed by atoms with van der Waals surface area (Å²) >= 11 is 5.89. The maximum Gasteiger partial charge on any atom is 0.237 e. The lowest BCUT2D eigenvalue weighted by Crippen LogP contribution is -2.23. The topological polar surface area (TPSA) is 127 Å². The molecule has 0 bridgehead atoms. The van der Waals surface area contributed by atoms with Gasteiger partial charge in [-0.1, -0.05) is 30.7 Å². The second-order valence-corrected chi connectivity index (χ2v) is 9.75. The summed E-state index contributed by atoms with van der Waals surface area (Å²) in [5.74, 6) is -0.842. The van der Waals surface area contributed by atoms with Crippen LogP contribution in [0.1, 0.15) is 37.8 Å². The molecule has 0 spiro atoms. The van der Waals surface area contributed by atoms with Gasteiger partial charge in [0.2, 0.25) is 21.9 Å². The van der Waals surface area contributed by atoms with Crippen molar-refractivity contribution in [2.45, 2.75) is 37.4 Å². The van der Waals surface area contributed by atoms with Crippen molar-refractivity contribution in [3.63, 3.8) is 0 Å². The highest BCUT2D eigenvalue weighted by molar-refractivity contribution is 7.93. The van der Waals surface area contributed by atoms with Crippen molar-refractivity contribution in [2.24, 2.45) is 0 Å². The maximum atomic E-state index is 12.9. The van der Waals surface area contributed by atoms with E-state index in [4.69, 9.17) is 11.6 Å². The Morgan fingerprint density at radius 3 is 2.56 bits per heavy atom. The molecule has 32 heavy (non-hydrogen) atoms. The zero-order valence-electron chi connectivity index (χ0n) is 17.2.